The number of ketones is 1. The van der Waals surface area contributed by atoms with E-state index in [1.165, 1.54) is 43.9 Å². The minimum Gasteiger partial charge on any atom is -0.383 e. The monoisotopic (exact) mass is 911 g/mol. The quantitative estimate of drug-likeness (QED) is 0.123. The topological polar surface area (TPSA) is 166 Å². The van der Waals surface area contributed by atoms with Gasteiger partial charge < -0.3 is 9.47 Å². The third-order valence-electron chi connectivity index (χ3n) is 12.4. The Morgan fingerprint density at radius 2 is 1.03 bits per heavy atom. The van der Waals surface area contributed by atoms with Crippen LogP contribution in [0.3, 0.4) is 0 Å². The number of carbonyl (C=O) groups excluding carboxylic acids is 2. The molecule has 16 heteroatoms. The van der Waals surface area contributed by atoms with Gasteiger partial charge >= 0.3 is 0 Å². The summed E-state index contributed by atoms with van der Waals surface area (Å²) in [6.07, 6.45) is 5.00. The molecule has 0 atom stereocenters. The zero-order valence-corrected chi connectivity index (χ0v) is 38.3. The van der Waals surface area contributed by atoms with Crippen molar-refractivity contribution in [3.8, 4) is 22.3 Å². The van der Waals surface area contributed by atoms with Crippen molar-refractivity contribution in [3.05, 3.63) is 130 Å². The van der Waals surface area contributed by atoms with Crippen molar-refractivity contribution >= 4 is 31.7 Å². The van der Waals surface area contributed by atoms with Gasteiger partial charge in [0.25, 0.3) is 5.91 Å². The molecule has 4 aromatic rings. The smallest absolute Gasteiger partial charge is 0.270 e. The van der Waals surface area contributed by atoms with Crippen LogP contribution in [0.5, 0.6) is 0 Å². The van der Waals surface area contributed by atoms with Crippen LogP contribution in [0.15, 0.2) is 118 Å². The molecule has 0 spiro atoms. The van der Waals surface area contributed by atoms with Crippen molar-refractivity contribution in [1.82, 2.24) is 23.9 Å². The zero-order chi connectivity index (χ0) is 45.4. The van der Waals surface area contributed by atoms with Gasteiger partial charge in [0, 0.05) is 85.2 Å². The van der Waals surface area contributed by atoms with Crippen LogP contribution >= 0.6 is 0 Å². The lowest BCUT2D eigenvalue weighted by atomic mass is 9.95. The van der Waals surface area contributed by atoms with E-state index in [1.54, 1.807) is 50.0 Å². The van der Waals surface area contributed by atoms with Crippen LogP contribution in [0.25, 0.3) is 22.3 Å². The van der Waals surface area contributed by atoms with Crippen LogP contribution in [-0.2, 0) is 65.2 Å². The fourth-order valence-corrected chi connectivity index (χ4v) is 11.3. The van der Waals surface area contributed by atoms with Gasteiger partial charge in [-0.25, -0.2) is 22.3 Å². The Kier molecular flexibility index (Phi) is 15.4. The van der Waals surface area contributed by atoms with Gasteiger partial charge in [0.1, 0.15) is 0 Å². The van der Waals surface area contributed by atoms with Crippen LogP contribution in [-0.4, -0.2) is 125 Å². The summed E-state index contributed by atoms with van der Waals surface area (Å²) in [6.45, 7) is 9.39. The number of hydrogen-bond donors (Lipinski definition) is 2. The van der Waals surface area contributed by atoms with E-state index in [4.69, 9.17) is 14.7 Å². The number of fused-ring (bicyclic) bond motifs is 2. The van der Waals surface area contributed by atoms with E-state index >= 15 is 0 Å². The number of rotatable bonds is 14. The summed E-state index contributed by atoms with van der Waals surface area (Å²) in [7, 11) is -3.81. The number of nitrogens with zero attached hydrogens (tertiary/aromatic N) is 4. The average molecular weight is 912 g/mol. The summed E-state index contributed by atoms with van der Waals surface area (Å²) in [5.41, 5.74) is 12.1. The lowest BCUT2D eigenvalue weighted by Crippen LogP contribution is -2.37. The molecule has 8 rings (SSSR count). The number of Topliss-reactive ketones (excluding diaryl/α,β-unsaturated/α-hetero) is 1. The largest absolute Gasteiger partial charge is 0.383 e. The molecule has 0 saturated carbocycles. The maximum absolute atomic E-state index is 13.0. The van der Waals surface area contributed by atoms with Crippen molar-refractivity contribution in [3.63, 3.8) is 0 Å². The Labute approximate surface area is 376 Å². The molecule has 4 aliphatic rings. The van der Waals surface area contributed by atoms with E-state index < -0.39 is 26.0 Å². The molecule has 1 amide bonds. The predicted octanol–water partition coefficient (Wildman–Crippen LogP) is 5.41. The number of benzene rings is 4. The fraction of sp³-hybridized carbons (Fsp3) is 0.375. The van der Waals surface area contributed by atoms with E-state index in [2.05, 4.69) is 46.2 Å². The molecule has 0 fully saturated rings. The molecule has 4 aromatic carbocycles. The summed E-state index contributed by atoms with van der Waals surface area (Å²) in [5, 5.41) is 8.73. The van der Waals surface area contributed by atoms with Gasteiger partial charge in [-0.3, -0.25) is 24.6 Å². The number of carbonyl (C=O) groups is 2. The Hall–Kier alpha value is -4.88. The molecule has 4 aliphatic heterocycles. The number of methoxy groups -OCH3 is 2. The Bertz CT molecular complexity index is 2610. The van der Waals surface area contributed by atoms with Gasteiger partial charge in [0.2, 0.25) is 20.0 Å². The Morgan fingerprint density at radius 3 is 1.52 bits per heavy atom. The first-order valence-electron chi connectivity index (χ1n) is 21.5. The summed E-state index contributed by atoms with van der Waals surface area (Å²) >= 11 is 0. The molecule has 0 radical (unpaired) electrons. The number of amides is 1. The average Bonchev–Trinajstić information content (AvgIpc) is 3.75. The second-order valence-electron chi connectivity index (χ2n) is 16.4. The van der Waals surface area contributed by atoms with Gasteiger partial charge in [-0.1, -0.05) is 60.7 Å². The summed E-state index contributed by atoms with van der Waals surface area (Å²) in [4.78, 5) is 28.2. The minimum atomic E-state index is -3.67. The number of sulfonamides is 2. The van der Waals surface area contributed by atoms with Crippen LogP contribution in [0, 0.1) is 0 Å². The molecule has 0 aliphatic carbocycles. The highest BCUT2D eigenvalue weighted by Gasteiger charge is 2.29. The summed E-state index contributed by atoms with van der Waals surface area (Å²) < 4.78 is 65.2. The van der Waals surface area contributed by atoms with Crippen molar-refractivity contribution in [1.29, 1.82) is 0 Å². The molecule has 64 heavy (non-hydrogen) atoms. The minimum absolute atomic E-state index is 0.0123. The molecule has 2 N–H and O–H groups in total. The van der Waals surface area contributed by atoms with Gasteiger partial charge in [0.05, 0.1) is 23.0 Å². The highest BCUT2D eigenvalue weighted by atomic mass is 32.2. The van der Waals surface area contributed by atoms with Crippen molar-refractivity contribution in [2.75, 3.05) is 73.2 Å². The van der Waals surface area contributed by atoms with E-state index in [9.17, 15) is 26.4 Å². The number of hydrogen-bond acceptors (Lipinski definition) is 11. The SMILES string of the molecule is COCCN1CCc2ccc(-c3ccc(S(=O)(=O)N4CC=C(C(C)=O)CC4)cc3)cc2C1.COCCN1Cc2ccc(-c3ccc(S(=O)(=O)N4CC=C(C(=O)NO)CC4)cc3)cc2C1. The van der Waals surface area contributed by atoms with Crippen LogP contribution in [0.2, 0.25) is 0 Å². The van der Waals surface area contributed by atoms with Crippen molar-refractivity contribution in [2.24, 2.45) is 0 Å². The van der Waals surface area contributed by atoms with E-state index in [0.717, 1.165) is 74.6 Å². The molecule has 0 bridgehead atoms. The number of nitrogens with one attached hydrogen (secondary N) is 1. The third kappa shape index (κ3) is 11.0. The molecule has 0 unspecified atom stereocenters. The second kappa shape index (κ2) is 21.0. The highest BCUT2D eigenvalue weighted by molar-refractivity contribution is 7.89. The lowest BCUT2D eigenvalue weighted by molar-refractivity contribution is -0.125. The molecular weight excluding hydrogens is 855 g/mol. The normalized spacial score (nSPS) is 17.4. The van der Waals surface area contributed by atoms with Gasteiger partial charge in [-0.2, -0.15) is 8.61 Å². The third-order valence-corrected chi connectivity index (χ3v) is 16.1. The Balaban J connectivity index is 0.000000191. The van der Waals surface area contributed by atoms with Crippen LogP contribution in [0.1, 0.15) is 42.0 Å². The highest BCUT2D eigenvalue weighted by Crippen LogP contribution is 2.31. The molecule has 340 valence electrons. The van der Waals surface area contributed by atoms with Gasteiger partial charge in [0.15, 0.2) is 5.78 Å². The summed E-state index contributed by atoms with van der Waals surface area (Å²) in [5.74, 6) is -0.583. The van der Waals surface area contributed by atoms with Crippen molar-refractivity contribution in [2.45, 2.75) is 55.6 Å². The first-order valence-corrected chi connectivity index (χ1v) is 24.4. The van der Waals surface area contributed by atoms with E-state index in [0.29, 0.717) is 30.7 Å². The van der Waals surface area contributed by atoms with E-state index in [1.807, 2.05) is 24.3 Å². The van der Waals surface area contributed by atoms with Gasteiger partial charge in [-0.05, 0) is 113 Å². The first-order chi connectivity index (χ1) is 30.8. The van der Waals surface area contributed by atoms with Crippen LogP contribution < -0.4 is 5.48 Å². The molecule has 14 nitrogen and oxygen atoms in total. The molecule has 0 aromatic heterocycles. The maximum atomic E-state index is 13.0. The van der Waals surface area contributed by atoms with Gasteiger partial charge in [-0.15, -0.1) is 0 Å². The maximum Gasteiger partial charge on any atom is 0.270 e. The zero-order valence-electron chi connectivity index (χ0n) is 36.7. The lowest BCUT2D eigenvalue weighted by Gasteiger charge is -2.29. The molecule has 4 heterocycles. The van der Waals surface area contributed by atoms with E-state index in [-0.39, 0.29) is 41.6 Å². The number of ether oxygens (including phenoxy) is 2. The predicted molar refractivity (Wildman–Crippen MR) is 244 cm³/mol. The second-order valence-corrected chi connectivity index (χ2v) is 20.3. The standard InChI is InChI=1S/C25H30N2O4S.C23H27N3O5S/c1-19(28)20-10-13-27(14-11-20)32(29,30)25-7-5-21(6-8-25)23-4-3-22-9-12-26(15-16-31-2)18-24(22)17-23;1-31-13-12-25-15-20-3-2-19(14-21(20)16-25)17-4-6-22(7-5-17)32(29,30)26-10-8-18(9-11-26)23(27)24-28/h3-8,10,17H,9,11-16,18H2,1-2H3;2-8,14,28H,9-13,15-16H2,1H3,(H,24,27). The summed E-state index contributed by atoms with van der Waals surface area (Å²) in [6, 6.07) is 26.9. The fourth-order valence-electron chi connectivity index (χ4n) is 8.50. The van der Waals surface area contributed by atoms with Crippen molar-refractivity contribution < 1.29 is 41.1 Å². The molecular formula is C48H57N5O9S2. The Morgan fingerprint density at radius 1 is 0.578 bits per heavy atom. The van der Waals surface area contributed by atoms with Crippen LogP contribution in [0.4, 0.5) is 0 Å². The molecule has 0 saturated heterocycles. The first kappa shape index (κ1) is 47.1. The number of hydroxylamine groups is 1.